The van der Waals surface area contributed by atoms with Crippen molar-refractivity contribution < 1.29 is 19.7 Å². The number of esters is 1. The van der Waals surface area contributed by atoms with Crippen LogP contribution in [0.2, 0.25) is 0 Å². The first kappa shape index (κ1) is 14.7. The molecule has 0 spiro atoms. The van der Waals surface area contributed by atoms with Crippen molar-refractivity contribution in [2.24, 2.45) is 0 Å². The van der Waals surface area contributed by atoms with E-state index in [0.717, 1.165) is 5.56 Å². The molecule has 4 heteroatoms. The summed E-state index contributed by atoms with van der Waals surface area (Å²) in [6.07, 6.45) is -2.81. The Morgan fingerprint density at radius 2 is 1.89 bits per heavy atom. The molecule has 0 aliphatic heterocycles. The fourth-order valence-corrected chi connectivity index (χ4v) is 1.64. The standard InChI is InChI=1S/C14H20O4/c1-4-18-14(17)13(16)12(15)11-7-5-6-10(8-11)9(2)3/h5-9,12-13,15-16H,4H2,1-3H3. The van der Waals surface area contributed by atoms with Crippen molar-refractivity contribution >= 4 is 5.97 Å². The Kier molecular flexibility index (Phi) is 5.31. The van der Waals surface area contributed by atoms with Crippen LogP contribution < -0.4 is 0 Å². The van der Waals surface area contributed by atoms with Crippen molar-refractivity contribution in [2.75, 3.05) is 6.61 Å². The summed E-state index contributed by atoms with van der Waals surface area (Å²) in [5, 5.41) is 19.6. The molecule has 1 rings (SSSR count). The van der Waals surface area contributed by atoms with E-state index in [1.807, 2.05) is 19.9 Å². The Morgan fingerprint density at radius 1 is 1.28 bits per heavy atom. The van der Waals surface area contributed by atoms with Crippen LogP contribution in [0.3, 0.4) is 0 Å². The number of rotatable bonds is 5. The van der Waals surface area contributed by atoms with Gasteiger partial charge in [-0.1, -0.05) is 38.1 Å². The van der Waals surface area contributed by atoms with E-state index >= 15 is 0 Å². The highest BCUT2D eigenvalue weighted by Crippen LogP contribution is 2.22. The number of benzene rings is 1. The molecule has 0 saturated heterocycles. The number of ether oxygens (including phenoxy) is 1. The van der Waals surface area contributed by atoms with Crippen LogP contribution in [0.25, 0.3) is 0 Å². The molecule has 0 aliphatic rings. The summed E-state index contributed by atoms with van der Waals surface area (Å²) in [6.45, 7) is 5.89. The Bertz CT molecular complexity index is 401. The van der Waals surface area contributed by atoms with Gasteiger partial charge in [-0.15, -0.1) is 0 Å². The number of hydrogen-bond donors (Lipinski definition) is 2. The van der Waals surface area contributed by atoms with E-state index in [0.29, 0.717) is 11.5 Å². The minimum atomic E-state index is -1.55. The van der Waals surface area contributed by atoms with E-state index in [1.165, 1.54) is 0 Å². The number of hydrogen-bond acceptors (Lipinski definition) is 4. The zero-order valence-electron chi connectivity index (χ0n) is 11.0. The second-order valence-electron chi connectivity index (χ2n) is 4.47. The maximum atomic E-state index is 11.3. The van der Waals surface area contributed by atoms with Crippen molar-refractivity contribution in [3.63, 3.8) is 0 Å². The maximum absolute atomic E-state index is 11.3. The van der Waals surface area contributed by atoms with E-state index < -0.39 is 18.2 Å². The van der Waals surface area contributed by atoms with Crippen molar-refractivity contribution in [1.82, 2.24) is 0 Å². The molecular formula is C14H20O4. The van der Waals surface area contributed by atoms with E-state index in [1.54, 1.807) is 25.1 Å². The highest BCUT2D eigenvalue weighted by Gasteiger charge is 2.27. The fourth-order valence-electron chi connectivity index (χ4n) is 1.64. The van der Waals surface area contributed by atoms with Crippen LogP contribution in [0, 0.1) is 0 Å². The molecule has 0 fully saturated rings. The lowest BCUT2D eigenvalue weighted by Crippen LogP contribution is -2.29. The SMILES string of the molecule is CCOC(=O)C(O)C(O)c1cccc(C(C)C)c1. The first-order valence-electron chi connectivity index (χ1n) is 6.10. The van der Waals surface area contributed by atoms with Crippen molar-refractivity contribution in [3.05, 3.63) is 35.4 Å². The fraction of sp³-hybridized carbons (Fsp3) is 0.500. The highest BCUT2D eigenvalue weighted by molar-refractivity contribution is 5.75. The summed E-state index contributed by atoms with van der Waals surface area (Å²) in [7, 11) is 0. The molecule has 2 N–H and O–H groups in total. The van der Waals surface area contributed by atoms with Gasteiger partial charge in [0.2, 0.25) is 0 Å². The molecule has 0 saturated carbocycles. The van der Waals surface area contributed by atoms with Gasteiger partial charge in [-0.3, -0.25) is 0 Å². The van der Waals surface area contributed by atoms with Gasteiger partial charge in [0.25, 0.3) is 0 Å². The first-order chi connectivity index (χ1) is 8.47. The maximum Gasteiger partial charge on any atom is 0.338 e. The number of aliphatic hydroxyl groups excluding tert-OH is 2. The normalized spacial score (nSPS) is 14.3. The van der Waals surface area contributed by atoms with Crippen molar-refractivity contribution in [3.8, 4) is 0 Å². The van der Waals surface area contributed by atoms with Crippen LogP contribution in [-0.2, 0) is 9.53 Å². The Labute approximate surface area is 107 Å². The molecule has 0 aliphatic carbocycles. The summed E-state index contributed by atoms with van der Waals surface area (Å²) >= 11 is 0. The number of carbonyl (C=O) groups excluding carboxylic acids is 1. The van der Waals surface area contributed by atoms with Gasteiger partial charge < -0.3 is 14.9 Å². The highest BCUT2D eigenvalue weighted by atomic mass is 16.5. The summed E-state index contributed by atoms with van der Waals surface area (Å²) in [5.74, 6) is -0.489. The van der Waals surface area contributed by atoms with Crippen LogP contribution in [0.5, 0.6) is 0 Å². The predicted molar refractivity (Wildman–Crippen MR) is 68.1 cm³/mol. The third-order valence-corrected chi connectivity index (χ3v) is 2.75. The molecule has 4 nitrogen and oxygen atoms in total. The van der Waals surface area contributed by atoms with E-state index in [2.05, 4.69) is 4.74 Å². The molecule has 0 bridgehead atoms. The average molecular weight is 252 g/mol. The Morgan fingerprint density at radius 3 is 2.44 bits per heavy atom. The molecule has 0 radical (unpaired) electrons. The molecular weight excluding hydrogens is 232 g/mol. The topological polar surface area (TPSA) is 66.8 Å². The molecule has 18 heavy (non-hydrogen) atoms. The van der Waals surface area contributed by atoms with Crippen LogP contribution in [0.4, 0.5) is 0 Å². The lowest BCUT2D eigenvalue weighted by Gasteiger charge is -2.18. The number of carbonyl (C=O) groups is 1. The molecule has 1 aromatic rings. The third kappa shape index (κ3) is 3.55. The van der Waals surface area contributed by atoms with Gasteiger partial charge in [-0.25, -0.2) is 4.79 Å². The molecule has 1 aromatic carbocycles. The zero-order chi connectivity index (χ0) is 13.7. The smallest absolute Gasteiger partial charge is 0.338 e. The zero-order valence-corrected chi connectivity index (χ0v) is 11.0. The molecule has 2 atom stereocenters. The van der Waals surface area contributed by atoms with Crippen LogP contribution >= 0.6 is 0 Å². The predicted octanol–water partition coefficient (Wildman–Crippen LogP) is 1.77. The third-order valence-electron chi connectivity index (χ3n) is 2.75. The minimum Gasteiger partial charge on any atom is -0.464 e. The summed E-state index contributed by atoms with van der Waals surface area (Å²) in [5.41, 5.74) is 1.56. The van der Waals surface area contributed by atoms with Gasteiger partial charge in [0.15, 0.2) is 6.10 Å². The molecule has 0 amide bonds. The lowest BCUT2D eigenvalue weighted by molar-refractivity contribution is -0.159. The van der Waals surface area contributed by atoms with Crippen molar-refractivity contribution in [2.45, 2.75) is 38.9 Å². The van der Waals surface area contributed by atoms with Gasteiger partial charge in [0, 0.05) is 0 Å². The van der Waals surface area contributed by atoms with Gasteiger partial charge in [0.1, 0.15) is 6.10 Å². The number of aliphatic hydroxyl groups is 2. The van der Waals surface area contributed by atoms with Crippen LogP contribution in [0.1, 0.15) is 43.9 Å². The van der Waals surface area contributed by atoms with Gasteiger partial charge in [-0.05, 0) is 24.0 Å². The van der Waals surface area contributed by atoms with Crippen LogP contribution in [0.15, 0.2) is 24.3 Å². The van der Waals surface area contributed by atoms with Gasteiger partial charge in [-0.2, -0.15) is 0 Å². The average Bonchev–Trinajstić information content (AvgIpc) is 2.37. The Balaban J connectivity index is 2.86. The summed E-state index contributed by atoms with van der Waals surface area (Å²) in [6, 6.07) is 7.21. The van der Waals surface area contributed by atoms with Crippen molar-refractivity contribution in [1.29, 1.82) is 0 Å². The van der Waals surface area contributed by atoms with Gasteiger partial charge >= 0.3 is 5.97 Å². The largest absolute Gasteiger partial charge is 0.464 e. The monoisotopic (exact) mass is 252 g/mol. The first-order valence-corrected chi connectivity index (χ1v) is 6.10. The van der Waals surface area contributed by atoms with E-state index in [4.69, 9.17) is 0 Å². The summed E-state index contributed by atoms with van der Waals surface area (Å²) < 4.78 is 4.68. The Hall–Kier alpha value is -1.39. The molecule has 100 valence electrons. The second kappa shape index (κ2) is 6.52. The van der Waals surface area contributed by atoms with Crippen LogP contribution in [-0.4, -0.2) is 28.9 Å². The van der Waals surface area contributed by atoms with E-state index in [-0.39, 0.29) is 6.61 Å². The molecule has 2 unspecified atom stereocenters. The minimum absolute atomic E-state index is 0.175. The van der Waals surface area contributed by atoms with Gasteiger partial charge in [0.05, 0.1) is 6.61 Å². The lowest BCUT2D eigenvalue weighted by atomic mass is 9.97. The molecule has 0 aromatic heterocycles. The van der Waals surface area contributed by atoms with E-state index in [9.17, 15) is 15.0 Å². The summed E-state index contributed by atoms with van der Waals surface area (Å²) in [4.78, 5) is 11.3. The quantitative estimate of drug-likeness (QED) is 0.784. The molecule has 0 heterocycles. The second-order valence-corrected chi connectivity index (χ2v) is 4.47.